The molecule has 0 saturated carbocycles. The maximum Gasteiger partial charge on any atom is 0.234 e. The molecular weight excluding hydrogens is 412 g/mol. The molecule has 1 fully saturated rings. The summed E-state index contributed by atoms with van der Waals surface area (Å²) < 4.78 is 17.2. The number of anilines is 2. The zero-order chi connectivity index (χ0) is 22.1. The number of amides is 1. The number of carbonyl (C=O) groups excluding carboxylic acids is 1. The molecule has 1 N–H and O–H groups in total. The average Bonchev–Trinajstić information content (AvgIpc) is 2.77. The van der Waals surface area contributed by atoms with Crippen molar-refractivity contribution in [2.24, 2.45) is 0 Å². The van der Waals surface area contributed by atoms with Crippen molar-refractivity contribution in [2.45, 2.75) is 26.5 Å². The third-order valence-electron chi connectivity index (χ3n) is 4.91. The van der Waals surface area contributed by atoms with Gasteiger partial charge in [0.05, 0.1) is 43.6 Å². The van der Waals surface area contributed by atoms with E-state index in [0.29, 0.717) is 43.6 Å². The molecule has 2 aromatic carbocycles. The fraction of sp³-hybridized carbons (Fsp3) is 0.458. The molecule has 1 heterocycles. The summed E-state index contributed by atoms with van der Waals surface area (Å²) in [7, 11) is 0. The minimum atomic E-state index is -0.0559. The van der Waals surface area contributed by atoms with Crippen molar-refractivity contribution in [3.05, 3.63) is 47.5 Å². The standard InChI is InChI=1S/C24H32N2O4S/c1-4-29-22-15-21(26-10-12-28-13-11-26)23(30-5-2)14-20(22)25-24(27)17-31-16-19-8-6-18(3)7-9-19/h6-9,14-15H,4-5,10-13,16-17H2,1-3H3,(H,25,27). The highest BCUT2D eigenvalue weighted by Gasteiger charge is 2.20. The fourth-order valence-electron chi connectivity index (χ4n) is 3.38. The van der Waals surface area contributed by atoms with Crippen molar-refractivity contribution < 1.29 is 19.0 Å². The summed E-state index contributed by atoms with van der Waals surface area (Å²) in [5.41, 5.74) is 4.07. The summed E-state index contributed by atoms with van der Waals surface area (Å²) in [5.74, 6) is 2.51. The Labute approximate surface area is 189 Å². The van der Waals surface area contributed by atoms with Crippen molar-refractivity contribution in [2.75, 3.05) is 55.5 Å². The number of nitrogens with zero attached hydrogens (tertiary/aromatic N) is 1. The Morgan fingerprint density at radius 2 is 1.74 bits per heavy atom. The number of ether oxygens (including phenoxy) is 3. The van der Waals surface area contributed by atoms with Crippen LogP contribution >= 0.6 is 11.8 Å². The molecule has 0 aliphatic carbocycles. The number of nitrogens with one attached hydrogen (secondary N) is 1. The molecule has 2 aromatic rings. The third kappa shape index (κ3) is 6.80. The molecule has 31 heavy (non-hydrogen) atoms. The van der Waals surface area contributed by atoms with Gasteiger partial charge >= 0.3 is 0 Å². The van der Waals surface area contributed by atoms with Crippen LogP contribution in [0.25, 0.3) is 0 Å². The Morgan fingerprint density at radius 3 is 2.42 bits per heavy atom. The lowest BCUT2D eigenvalue weighted by molar-refractivity contribution is -0.113. The molecule has 168 valence electrons. The number of aryl methyl sites for hydroxylation is 1. The Kier molecular flexibility index (Phi) is 8.91. The number of carbonyl (C=O) groups is 1. The van der Waals surface area contributed by atoms with Crippen LogP contribution in [-0.4, -0.2) is 51.2 Å². The van der Waals surface area contributed by atoms with Crippen LogP contribution in [0, 0.1) is 6.92 Å². The van der Waals surface area contributed by atoms with E-state index in [2.05, 4.69) is 41.4 Å². The van der Waals surface area contributed by atoms with Crippen molar-refractivity contribution in [3.8, 4) is 11.5 Å². The molecule has 1 amide bonds. The van der Waals surface area contributed by atoms with Gasteiger partial charge < -0.3 is 24.4 Å². The Hall–Kier alpha value is -2.38. The van der Waals surface area contributed by atoms with E-state index in [1.54, 1.807) is 11.8 Å². The Morgan fingerprint density at radius 1 is 1.06 bits per heavy atom. The van der Waals surface area contributed by atoms with E-state index in [1.807, 2.05) is 26.0 Å². The lowest BCUT2D eigenvalue weighted by Gasteiger charge is -2.31. The maximum absolute atomic E-state index is 12.6. The van der Waals surface area contributed by atoms with Crippen LogP contribution in [0.2, 0.25) is 0 Å². The van der Waals surface area contributed by atoms with E-state index >= 15 is 0 Å². The van der Waals surface area contributed by atoms with Gasteiger partial charge in [-0.15, -0.1) is 11.8 Å². The number of rotatable bonds is 10. The van der Waals surface area contributed by atoms with Gasteiger partial charge in [0.1, 0.15) is 11.5 Å². The predicted molar refractivity (Wildman–Crippen MR) is 128 cm³/mol. The van der Waals surface area contributed by atoms with Gasteiger partial charge in [-0.25, -0.2) is 0 Å². The first-order chi connectivity index (χ1) is 15.1. The molecule has 0 bridgehead atoms. The molecule has 7 heteroatoms. The summed E-state index contributed by atoms with van der Waals surface area (Å²) in [6.07, 6.45) is 0. The molecule has 1 aliphatic heterocycles. The zero-order valence-corrected chi connectivity index (χ0v) is 19.4. The van der Waals surface area contributed by atoms with E-state index in [-0.39, 0.29) is 5.91 Å². The molecule has 0 radical (unpaired) electrons. The molecule has 0 unspecified atom stereocenters. The minimum Gasteiger partial charge on any atom is -0.492 e. The summed E-state index contributed by atoms with van der Waals surface area (Å²) >= 11 is 1.59. The Bertz CT molecular complexity index is 851. The van der Waals surface area contributed by atoms with Crippen LogP contribution in [0.4, 0.5) is 11.4 Å². The van der Waals surface area contributed by atoms with Crippen molar-refractivity contribution in [1.29, 1.82) is 0 Å². The quantitative estimate of drug-likeness (QED) is 0.582. The Balaban J connectivity index is 1.69. The molecule has 0 spiro atoms. The SMILES string of the molecule is CCOc1cc(N2CCOCC2)c(OCC)cc1NC(=O)CSCc1ccc(C)cc1. The van der Waals surface area contributed by atoms with E-state index in [4.69, 9.17) is 14.2 Å². The molecule has 6 nitrogen and oxygen atoms in total. The van der Waals surface area contributed by atoms with Gasteiger partial charge in [-0.2, -0.15) is 0 Å². The molecule has 0 aromatic heterocycles. The normalized spacial score (nSPS) is 13.7. The molecule has 1 saturated heterocycles. The fourth-order valence-corrected chi connectivity index (χ4v) is 4.16. The number of benzene rings is 2. The van der Waals surface area contributed by atoms with Crippen molar-refractivity contribution in [3.63, 3.8) is 0 Å². The van der Waals surface area contributed by atoms with E-state index in [1.165, 1.54) is 11.1 Å². The van der Waals surface area contributed by atoms with Gasteiger partial charge in [-0.3, -0.25) is 4.79 Å². The van der Waals surface area contributed by atoms with Crippen LogP contribution in [0.3, 0.4) is 0 Å². The molecule has 1 aliphatic rings. The van der Waals surface area contributed by atoms with E-state index < -0.39 is 0 Å². The van der Waals surface area contributed by atoms with Gasteiger partial charge in [0.2, 0.25) is 5.91 Å². The highest BCUT2D eigenvalue weighted by molar-refractivity contribution is 7.99. The average molecular weight is 445 g/mol. The highest BCUT2D eigenvalue weighted by Crippen LogP contribution is 2.39. The van der Waals surface area contributed by atoms with Gasteiger partial charge in [-0.05, 0) is 26.3 Å². The largest absolute Gasteiger partial charge is 0.492 e. The van der Waals surface area contributed by atoms with Crippen LogP contribution in [0.1, 0.15) is 25.0 Å². The maximum atomic E-state index is 12.6. The minimum absolute atomic E-state index is 0.0559. The van der Waals surface area contributed by atoms with Crippen molar-refractivity contribution >= 4 is 29.0 Å². The second-order valence-corrected chi connectivity index (χ2v) is 8.29. The summed E-state index contributed by atoms with van der Waals surface area (Å²) in [5, 5.41) is 3.01. The zero-order valence-electron chi connectivity index (χ0n) is 18.6. The molecular formula is C24H32N2O4S. The third-order valence-corrected chi connectivity index (χ3v) is 5.91. The second kappa shape index (κ2) is 11.9. The van der Waals surface area contributed by atoms with Gasteiger partial charge in [0.25, 0.3) is 0 Å². The summed E-state index contributed by atoms with van der Waals surface area (Å²) in [6.45, 7) is 10.00. The lowest BCUT2D eigenvalue weighted by Crippen LogP contribution is -2.36. The number of thioether (sulfide) groups is 1. The predicted octanol–water partition coefficient (Wildman–Crippen LogP) is 4.50. The van der Waals surface area contributed by atoms with Gasteiger partial charge in [-0.1, -0.05) is 29.8 Å². The van der Waals surface area contributed by atoms with Gasteiger partial charge in [0, 0.05) is 31.0 Å². The monoisotopic (exact) mass is 444 g/mol. The molecule has 3 rings (SSSR count). The van der Waals surface area contributed by atoms with Crippen LogP contribution in [0.5, 0.6) is 11.5 Å². The van der Waals surface area contributed by atoms with E-state index in [0.717, 1.165) is 30.3 Å². The number of hydrogen-bond acceptors (Lipinski definition) is 6. The summed E-state index contributed by atoms with van der Waals surface area (Å²) in [6, 6.07) is 12.2. The summed E-state index contributed by atoms with van der Waals surface area (Å²) in [4.78, 5) is 14.8. The second-order valence-electron chi connectivity index (χ2n) is 7.31. The first kappa shape index (κ1) is 23.3. The number of hydrogen-bond donors (Lipinski definition) is 1. The smallest absolute Gasteiger partial charge is 0.234 e. The van der Waals surface area contributed by atoms with Crippen molar-refractivity contribution in [1.82, 2.24) is 0 Å². The van der Waals surface area contributed by atoms with Crippen LogP contribution < -0.4 is 19.7 Å². The molecule has 0 atom stereocenters. The van der Waals surface area contributed by atoms with E-state index in [9.17, 15) is 4.79 Å². The van der Waals surface area contributed by atoms with Crippen LogP contribution in [-0.2, 0) is 15.3 Å². The highest BCUT2D eigenvalue weighted by atomic mass is 32.2. The first-order valence-electron chi connectivity index (χ1n) is 10.8. The first-order valence-corrected chi connectivity index (χ1v) is 12.0. The van der Waals surface area contributed by atoms with Gasteiger partial charge in [0.15, 0.2) is 0 Å². The van der Waals surface area contributed by atoms with Crippen LogP contribution in [0.15, 0.2) is 36.4 Å². The number of morpholine rings is 1. The topological polar surface area (TPSA) is 60.0 Å². The lowest BCUT2D eigenvalue weighted by atomic mass is 10.2.